The molecule has 1 N–H and O–H groups in total. The van der Waals surface area contributed by atoms with E-state index in [1.807, 2.05) is 0 Å². The summed E-state index contributed by atoms with van der Waals surface area (Å²) in [6.07, 6.45) is -13.1. The highest BCUT2D eigenvalue weighted by molar-refractivity contribution is 5.23. The van der Waals surface area contributed by atoms with Crippen molar-refractivity contribution < 1.29 is 31.4 Å². The Morgan fingerprint density at radius 3 is 1.61 bits per heavy atom. The van der Waals surface area contributed by atoms with E-state index in [4.69, 9.17) is 5.11 Å². The van der Waals surface area contributed by atoms with Crippen LogP contribution in [0.1, 0.15) is 11.1 Å². The second-order valence-corrected chi connectivity index (χ2v) is 4.02. The smallest absolute Gasteiger partial charge is 0.373 e. The molecule has 0 amide bonds. The monoisotopic (exact) mass is 272 g/mol. The average Bonchev–Trinajstić information content (AvgIpc) is 2.18. The van der Waals surface area contributed by atoms with Crippen LogP contribution in [0.25, 0.3) is 0 Å². The predicted octanol–water partition coefficient (Wildman–Crippen LogP) is 3.39. The number of benzene rings is 1. The van der Waals surface area contributed by atoms with Crippen molar-refractivity contribution in [1.82, 2.24) is 0 Å². The lowest BCUT2D eigenvalue weighted by Gasteiger charge is -2.32. The van der Waals surface area contributed by atoms with Crippen LogP contribution in [0.15, 0.2) is 24.3 Å². The number of halogens is 6. The molecule has 0 radical (unpaired) electrons. The first-order chi connectivity index (χ1) is 7.97. The van der Waals surface area contributed by atoms with Gasteiger partial charge >= 0.3 is 12.4 Å². The minimum atomic E-state index is -5.78. The molecule has 18 heavy (non-hydrogen) atoms. The Morgan fingerprint density at radius 1 is 0.889 bits per heavy atom. The topological polar surface area (TPSA) is 20.2 Å². The Kier molecular flexibility index (Phi) is 3.67. The summed E-state index contributed by atoms with van der Waals surface area (Å²) < 4.78 is 74.4. The lowest BCUT2D eigenvalue weighted by atomic mass is 9.92. The molecule has 1 nitrogen and oxygen atoms in total. The number of aryl methyl sites for hydroxylation is 1. The molecule has 0 fully saturated rings. The van der Waals surface area contributed by atoms with E-state index < -0.39 is 24.4 Å². The zero-order chi connectivity index (χ0) is 14.2. The molecule has 1 aromatic rings. The van der Waals surface area contributed by atoms with Crippen molar-refractivity contribution in [2.75, 3.05) is 0 Å². The molecule has 0 unspecified atom stereocenters. The molecule has 0 aliphatic rings. The minimum Gasteiger partial charge on any atom is -0.373 e. The van der Waals surface area contributed by atoms with Gasteiger partial charge in [-0.3, -0.25) is 0 Å². The molecule has 7 heteroatoms. The highest BCUT2D eigenvalue weighted by Gasteiger charge is 2.70. The van der Waals surface area contributed by atoms with Crippen molar-refractivity contribution in [2.45, 2.75) is 31.3 Å². The first-order valence-electron chi connectivity index (χ1n) is 4.89. The van der Waals surface area contributed by atoms with Crippen molar-refractivity contribution in [1.29, 1.82) is 0 Å². The van der Waals surface area contributed by atoms with Gasteiger partial charge in [0.2, 0.25) is 0 Å². The molecule has 1 aromatic carbocycles. The van der Waals surface area contributed by atoms with Crippen LogP contribution in [0.3, 0.4) is 0 Å². The maximum absolute atomic E-state index is 12.4. The Labute approximate surface area is 99.0 Å². The fraction of sp³-hybridized carbons (Fsp3) is 0.455. The number of aliphatic hydroxyl groups is 1. The van der Waals surface area contributed by atoms with Crippen molar-refractivity contribution in [3.63, 3.8) is 0 Å². The van der Waals surface area contributed by atoms with Crippen molar-refractivity contribution in [2.24, 2.45) is 0 Å². The van der Waals surface area contributed by atoms with Crippen molar-refractivity contribution in [3.05, 3.63) is 35.4 Å². The summed E-state index contributed by atoms with van der Waals surface area (Å²) >= 11 is 0. The van der Waals surface area contributed by atoms with Gasteiger partial charge in [-0.25, -0.2) is 0 Å². The number of alkyl halides is 6. The molecule has 0 spiro atoms. The van der Waals surface area contributed by atoms with Crippen LogP contribution in [0, 0.1) is 6.92 Å². The largest absolute Gasteiger partial charge is 0.426 e. The van der Waals surface area contributed by atoms with Gasteiger partial charge < -0.3 is 5.11 Å². The van der Waals surface area contributed by atoms with Gasteiger partial charge in [-0.2, -0.15) is 26.3 Å². The van der Waals surface area contributed by atoms with E-state index in [0.717, 1.165) is 12.1 Å². The Bertz CT molecular complexity index is 389. The minimum absolute atomic E-state index is 0.238. The van der Waals surface area contributed by atoms with E-state index in [1.165, 1.54) is 12.1 Å². The van der Waals surface area contributed by atoms with Crippen LogP contribution >= 0.6 is 0 Å². The third-order valence-corrected chi connectivity index (χ3v) is 2.52. The van der Waals surface area contributed by atoms with Gasteiger partial charge in [0.15, 0.2) is 0 Å². The predicted molar refractivity (Wildman–Crippen MR) is 51.9 cm³/mol. The van der Waals surface area contributed by atoms with Crippen LogP contribution in [0.5, 0.6) is 0 Å². The third-order valence-electron chi connectivity index (χ3n) is 2.52. The van der Waals surface area contributed by atoms with Gasteiger partial charge in [-0.1, -0.05) is 29.8 Å². The zero-order valence-electron chi connectivity index (χ0n) is 9.23. The summed E-state index contributed by atoms with van der Waals surface area (Å²) in [6, 6.07) is 5.00. The van der Waals surface area contributed by atoms with E-state index in [1.54, 1.807) is 6.92 Å². The Hall–Kier alpha value is -1.24. The maximum Gasteiger partial charge on any atom is 0.426 e. The number of hydrogen-bond acceptors (Lipinski definition) is 1. The summed E-state index contributed by atoms with van der Waals surface area (Å²) in [5.74, 6) is 0. The lowest BCUT2D eigenvalue weighted by molar-refractivity contribution is -0.367. The van der Waals surface area contributed by atoms with Crippen molar-refractivity contribution >= 4 is 0 Å². The average molecular weight is 272 g/mol. The van der Waals surface area contributed by atoms with E-state index in [-0.39, 0.29) is 5.56 Å². The molecular formula is C11H10F6O. The quantitative estimate of drug-likeness (QED) is 0.818. The molecule has 102 valence electrons. The van der Waals surface area contributed by atoms with Gasteiger partial charge in [-0.15, -0.1) is 0 Å². The maximum atomic E-state index is 12.4. The fourth-order valence-corrected chi connectivity index (χ4v) is 1.36. The van der Waals surface area contributed by atoms with Crippen LogP contribution in [0.2, 0.25) is 0 Å². The van der Waals surface area contributed by atoms with Gasteiger partial charge in [0.1, 0.15) is 0 Å². The molecule has 0 aliphatic heterocycles. The van der Waals surface area contributed by atoms with Gasteiger partial charge in [-0.05, 0) is 12.5 Å². The summed E-state index contributed by atoms with van der Waals surface area (Å²) in [5.41, 5.74) is -4.27. The summed E-state index contributed by atoms with van der Waals surface area (Å²) in [6.45, 7) is 1.64. The van der Waals surface area contributed by atoms with Gasteiger partial charge in [0, 0.05) is 6.42 Å². The van der Waals surface area contributed by atoms with E-state index >= 15 is 0 Å². The highest BCUT2D eigenvalue weighted by atomic mass is 19.4. The first kappa shape index (κ1) is 14.8. The molecule has 0 aromatic heterocycles. The van der Waals surface area contributed by atoms with Crippen LogP contribution in [-0.4, -0.2) is 23.1 Å². The molecule has 1 rings (SSSR count). The molecule has 0 saturated carbocycles. The Balaban J connectivity index is 3.12. The summed E-state index contributed by atoms with van der Waals surface area (Å²) in [5, 5.41) is 8.96. The van der Waals surface area contributed by atoms with Crippen LogP contribution in [-0.2, 0) is 6.42 Å². The van der Waals surface area contributed by atoms with E-state index in [9.17, 15) is 26.3 Å². The molecule has 0 aliphatic carbocycles. The molecule has 0 heterocycles. The second kappa shape index (κ2) is 4.46. The van der Waals surface area contributed by atoms with Crippen LogP contribution < -0.4 is 0 Å². The lowest BCUT2D eigenvalue weighted by Crippen LogP contribution is -2.58. The molecule has 0 saturated heterocycles. The SMILES string of the molecule is Cc1ccc(CC(O)(C(F)(F)F)C(F)(F)F)cc1. The molecule has 0 atom stereocenters. The van der Waals surface area contributed by atoms with Gasteiger partial charge in [0.25, 0.3) is 5.60 Å². The Morgan fingerprint density at radius 2 is 1.28 bits per heavy atom. The van der Waals surface area contributed by atoms with E-state index in [0.29, 0.717) is 5.56 Å². The number of rotatable bonds is 2. The normalized spacial score (nSPS) is 13.8. The number of hydrogen-bond donors (Lipinski definition) is 1. The molecule has 0 bridgehead atoms. The van der Waals surface area contributed by atoms with Gasteiger partial charge in [0.05, 0.1) is 0 Å². The summed E-state index contributed by atoms with van der Waals surface area (Å²) in [4.78, 5) is 0. The third kappa shape index (κ3) is 2.77. The molecular weight excluding hydrogens is 262 g/mol. The van der Waals surface area contributed by atoms with E-state index in [2.05, 4.69) is 0 Å². The zero-order valence-corrected chi connectivity index (χ0v) is 9.23. The first-order valence-corrected chi connectivity index (χ1v) is 4.89. The standard InChI is InChI=1S/C11H10F6O/c1-7-2-4-8(5-3-7)6-9(18,10(12,13)14)11(15,16)17/h2-5,18H,6H2,1H3. The second-order valence-electron chi connectivity index (χ2n) is 4.02. The van der Waals surface area contributed by atoms with Crippen LogP contribution in [0.4, 0.5) is 26.3 Å². The van der Waals surface area contributed by atoms with Crippen molar-refractivity contribution in [3.8, 4) is 0 Å². The highest BCUT2D eigenvalue weighted by Crippen LogP contribution is 2.44. The fourth-order valence-electron chi connectivity index (χ4n) is 1.36. The summed E-state index contributed by atoms with van der Waals surface area (Å²) in [7, 11) is 0.